The molecule has 0 aromatic carbocycles. The van der Waals surface area contributed by atoms with E-state index in [4.69, 9.17) is 0 Å². The van der Waals surface area contributed by atoms with Crippen molar-refractivity contribution in [1.29, 1.82) is 0 Å². The zero-order chi connectivity index (χ0) is 6.15. The van der Waals surface area contributed by atoms with Crippen molar-refractivity contribution < 1.29 is 4.74 Å². The maximum absolute atomic E-state index is 10.6. The van der Waals surface area contributed by atoms with Crippen molar-refractivity contribution in [2.75, 3.05) is 20.1 Å². The number of hydrogen-bond acceptors (Lipinski definition) is 2. The average Bonchev–Trinajstić information content (AvgIpc) is 1.98. The van der Waals surface area contributed by atoms with E-state index in [1.165, 1.54) is 0 Å². The molecule has 1 aliphatic heterocycles. The van der Waals surface area contributed by atoms with Crippen LogP contribution in [0.1, 0.15) is 6.92 Å². The summed E-state index contributed by atoms with van der Waals surface area (Å²) in [6.07, 6.45) is 0. The van der Waals surface area contributed by atoms with Crippen molar-refractivity contribution in [3.05, 3.63) is 5.21 Å². The lowest BCUT2D eigenvalue weighted by molar-refractivity contribution is -0.446. The Bertz CT molecular complexity index is 130. The fourth-order valence-electron chi connectivity index (χ4n) is 0.755. The normalized spacial score (nSPS) is 20.5. The average molecular weight is 114 g/mol. The lowest BCUT2D eigenvalue weighted by Crippen LogP contribution is -2.20. The highest BCUT2D eigenvalue weighted by molar-refractivity contribution is 5.75. The topological polar surface area (TPSA) is 29.3 Å². The molecule has 0 unspecified atom stereocenters. The minimum atomic E-state index is 0.627. The minimum Gasteiger partial charge on any atom is -0.715 e. The van der Waals surface area contributed by atoms with E-state index in [2.05, 4.69) is 0 Å². The van der Waals surface area contributed by atoms with Gasteiger partial charge in [-0.05, 0) is 0 Å². The Morgan fingerprint density at radius 1 is 1.75 bits per heavy atom. The lowest BCUT2D eigenvalue weighted by Gasteiger charge is -2.02. The summed E-state index contributed by atoms with van der Waals surface area (Å²) >= 11 is 0. The molecule has 0 aromatic heterocycles. The Kier molecular flexibility index (Phi) is 1.12. The fourth-order valence-corrected chi connectivity index (χ4v) is 0.755. The fraction of sp³-hybridized carbons (Fsp3) is 0.800. The first-order valence-electron chi connectivity index (χ1n) is 2.71. The summed E-state index contributed by atoms with van der Waals surface area (Å²) in [5.41, 5.74) is 0. The van der Waals surface area contributed by atoms with Gasteiger partial charge in [0, 0.05) is 6.92 Å². The van der Waals surface area contributed by atoms with Crippen LogP contribution >= 0.6 is 0 Å². The van der Waals surface area contributed by atoms with Gasteiger partial charge in [0.05, 0.1) is 7.05 Å². The summed E-state index contributed by atoms with van der Waals surface area (Å²) in [6.45, 7) is 3.33. The highest BCUT2D eigenvalue weighted by Gasteiger charge is 2.16. The smallest absolute Gasteiger partial charge is 0.246 e. The van der Waals surface area contributed by atoms with E-state index in [1.807, 2.05) is 18.9 Å². The second-order valence-electron chi connectivity index (χ2n) is 2.07. The van der Waals surface area contributed by atoms with Gasteiger partial charge in [-0.15, -0.1) is 0 Å². The molecule has 1 rings (SSSR count). The van der Waals surface area contributed by atoms with Crippen molar-refractivity contribution in [3.63, 3.8) is 0 Å². The van der Waals surface area contributed by atoms with E-state index >= 15 is 0 Å². The van der Waals surface area contributed by atoms with Gasteiger partial charge in [-0.25, -0.2) is 0 Å². The highest BCUT2D eigenvalue weighted by atomic mass is 16.5. The van der Waals surface area contributed by atoms with E-state index in [-0.39, 0.29) is 0 Å². The van der Waals surface area contributed by atoms with Crippen LogP contribution in [-0.4, -0.2) is 35.6 Å². The molecule has 0 saturated heterocycles. The van der Waals surface area contributed by atoms with E-state index in [0.717, 1.165) is 17.1 Å². The van der Waals surface area contributed by atoms with E-state index in [0.29, 0.717) is 6.54 Å². The SMILES string of the molecule is CC1=[N+]([O-])CCN1C. The Balaban J connectivity index is 2.71. The maximum Gasteiger partial charge on any atom is 0.246 e. The number of hydroxylamine groups is 1. The zero-order valence-electron chi connectivity index (χ0n) is 5.22. The van der Waals surface area contributed by atoms with Crippen molar-refractivity contribution in [2.24, 2.45) is 0 Å². The molecule has 0 radical (unpaired) electrons. The molecular formula is C5H10N2O. The Morgan fingerprint density at radius 2 is 2.38 bits per heavy atom. The monoisotopic (exact) mass is 114 g/mol. The molecule has 0 amide bonds. The first-order valence-corrected chi connectivity index (χ1v) is 2.71. The summed E-state index contributed by atoms with van der Waals surface area (Å²) in [4.78, 5) is 1.95. The number of likely N-dealkylation sites (N-methyl/N-ethyl adjacent to an activating group) is 1. The lowest BCUT2D eigenvalue weighted by atomic mass is 10.6. The predicted octanol–water partition coefficient (Wildman–Crippen LogP) is -0.139. The van der Waals surface area contributed by atoms with Crippen molar-refractivity contribution in [1.82, 2.24) is 4.90 Å². The third kappa shape index (κ3) is 0.638. The molecule has 0 atom stereocenters. The largest absolute Gasteiger partial charge is 0.715 e. The molecule has 0 N–H and O–H groups in total. The van der Waals surface area contributed by atoms with Crippen LogP contribution in [0.25, 0.3) is 0 Å². The quantitative estimate of drug-likeness (QED) is 0.324. The molecule has 0 spiro atoms. The van der Waals surface area contributed by atoms with Crippen LogP contribution in [0.2, 0.25) is 0 Å². The molecule has 0 fully saturated rings. The molecule has 0 saturated carbocycles. The van der Waals surface area contributed by atoms with Crippen LogP contribution < -0.4 is 0 Å². The molecule has 1 aliphatic rings. The van der Waals surface area contributed by atoms with Gasteiger partial charge in [0.1, 0.15) is 13.1 Å². The first kappa shape index (κ1) is 5.41. The molecule has 1 heterocycles. The molecule has 8 heavy (non-hydrogen) atoms. The van der Waals surface area contributed by atoms with Crippen LogP contribution in [0.4, 0.5) is 0 Å². The summed E-state index contributed by atoms with van der Waals surface area (Å²) < 4.78 is 1.01. The first-order chi connectivity index (χ1) is 3.72. The van der Waals surface area contributed by atoms with Gasteiger partial charge < -0.3 is 5.21 Å². The van der Waals surface area contributed by atoms with Crippen LogP contribution in [0.15, 0.2) is 0 Å². The predicted molar refractivity (Wildman–Crippen MR) is 31.8 cm³/mol. The van der Waals surface area contributed by atoms with Crippen LogP contribution in [0, 0.1) is 5.21 Å². The molecule has 3 heteroatoms. The maximum atomic E-state index is 10.6. The zero-order valence-corrected chi connectivity index (χ0v) is 5.22. The van der Waals surface area contributed by atoms with Gasteiger partial charge in [-0.3, -0.25) is 9.64 Å². The molecule has 0 aromatic rings. The Hall–Kier alpha value is -0.730. The van der Waals surface area contributed by atoms with Gasteiger partial charge in [0.25, 0.3) is 0 Å². The number of rotatable bonds is 0. The number of amidine groups is 1. The standard InChI is InChI=1S/C5H10N2O/c1-5-6(2)3-4-7(5)8/h3-4H2,1-2H3. The van der Waals surface area contributed by atoms with Gasteiger partial charge in [0.2, 0.25) is 5.84 Å². The number of hydrogen-bond donors (Lipinski definition) is 0. The number of nitrogens with zero attached hydrogens (tertiary/aromatic N) is 2. The summed E-state index contributed by atoms with van der Waals surface area (Å²) in [5.74, 6) is 0.824. The van der Waals surface area contributed by atoms with Crippen LogP contribution in [-0.2, 0) is 0 Å². The van der Waals surface area contributed by atoms with Gasteiger partial charge >= 0.3 is 0 Å². The molecule has 0 aliphatic carbocycles. The Labute approximate surface area is 48.8 Å². The van der Waals surface area contributed by atoms with E-state index in [1.54, 1.807) is 0 Å². The van der Waals surface area contributed by atoms with Gasteiger partial charge in [-0.1, -0.05) is 0 Å². The molecule has 0 bridgehead atoms. The third-order valence-electron chi connectivity index (χ3n) is 1.55. The second kappa shape index (κ2) is 1.65. The van der Waals surface area contributed by atoms with E-state index < -0.39 is 0 Å². The van der Waals surface area contributed by atoms with Gasteiger partial charge in [-0.2, -0.15) is 0 Å². The summed E-state index contributed by atoms with van der Waals surface area (Å²) in [6, 6.07) is 0. The minimum absolute atomic E-state index is 0.627. The van der Waals surface area contributed by atoms with E-state index in [9.17, 15) is 5.21 Å². The van der Waals surface area contributed by atoms with Gasteiger partial charge in [0.15, 0.2) is 0 Å². The van der Waals surface area contributed by atoms with Crippen molar-refractivity contribution >= 4 is 5.84 Å². The summed E-state index contributed by atoms with van der Waals surface area (Å²) in [5, 5.41) is 10.6. The van der Waals surface area contributed by atoms with Crippen LogP contribution in [0.5, 0.6) is 0 Å². The van der Waals surface area contributed by atoms with Crippen LogP contribution in [0.3, 0.4) is 0 Å². The molecular weight excluding hydrogens is 104 g/mol. The summed E-state index contributed by atoms with van der Waals surface area (Å²) in [7, 11) is 1.92. The second-order valence-corrected chi connectivity index (χ2v) is 2.07. The Morgan fingerprint density at radius 3 is 2.50 bits per heavy atom. The molecule has 3 nitrogen and oxygen atoms in total. The van der Waals surface area contributed by atoms with Crippen molar-refractivity contribution in [3.8, 4) is 0 Å². The molecule has 46 valence electrons. The third-order valence-corrected chi connectivity index (χ3v) is 1.55. The van der Waals surface area contributed by atoms with Crippen molar-refractivity contribution in [2.45, 2.75) is 6.92 Å². The highest BCUT2D eigenvalue weighted by Crippen LogP contribution is 1.94.